The van der Waals surface area contributed by atoms with Crippen molar-refractivity contribution in [2.75, 3.05) is 12.0 Å². The number of nitrogens with zero attached hydrogens (tertiary/aromatic N) is 3. The zero-order valence-electron chi connectivity index (χ0n) is 19.8. The van der Waals surface area contributed by atoms with Gasteiger partial charge in [0.1, 0.15) is 5.75 Å². The third-order valence-electron chi connectivity index (χ3n) is 6.47. The highest BCUT2D eigenvalue weighted by atomic mass is 35.5. The first kappa shape index (κ1) is 24.9. The van der Waals surface area contributed by atoms with Crippen LogP contribution < -0.4 is 15.0 Å². The molecule has 9 heteroatoms. The van der Waals surface area contributed by atoms with Crippen LogP contribution in [-0.4, -0.2) is 21.8 Å². The maximum Gasteiger partial charge on any atom is 0.174 e. The molecule has 1 N–H and O–H groups in total. The lowest BCUT2D eigenvalue weighted by atomic mass is 9.96. The van der Waals surface area contributed by atoms with Gasteiger partial charge in [0, 0.05) is 23.3 Å². The van der Waals surface area contributed by atoms with E-state index in [1.165, 1.54) is 0 Å². The molecule has 0 bridgehead atoms. The molecule has 1 fully saturated rings. The van der Waals surface area contributed by atoms with Crippen LogP contribution in [0.4, 0.5) is 5.69 Å². The Morgan fingerprint density at radius 2 is 1.78 bits per heavy atom. The first-order valence-electron chi connectivity index (χ1n) is 11.3. The third kappa shape index (κ3) is 4.22. The van der Waals surface area contributed by atoms with Gasteiger partial charge < -0.3 is 19.5 Å². The SMILES string of the molecule is COc1ccc(N2C(=S)NC(c3ccccn3)C2c2cc(C)n(-c3cccc(Cl)c3Cl)c2C)cc1Cl. The Labute approximate surface area is 230 Å². The van der Waals surface area contributed by atoms with Gasteiger partial charge in [-0.05, 0) is 80.2 Å². The molecule has 1 aliphatic rings. The van der Waals surface area contributed by atoms with Crippen molar-refractivity contribution < 1.29 is 4.74 Å². The molecule has 2 aromatic carbocycles. The van der Waals surface area contributed by atoms with Crippen LogP contribution >= 0.6 is 47.0 Å². The highest BCUT2D eigenvalue weighted by molar-refractivity contribution is 7.80. The van der Waals surface area contributed by atoms with Gasteiger partial charge in [0.2, 0.25) is 0 Å². The van der Waals surface area contributed by atoms with Gasteiger partial charge in [-0.3, -0.25) is 4.98 Å². The number of ether oxygens (including phenoxy) is 1. The molecule has 1 saturated heterocycles. The average molecular weight is 558 g/mol. The van der Waals surface area contributed by atoms with E-state index in [4.69, 9.17) is 51.8 Å². The van der Waals surface area contributed by atoms with E-state index in [9.17, 15) is 0 Å². The van der Waals surface area contributed by atoms with Gasteiger partial charge >= 0.3 is 0 Å². The quantitative estimate of drug-likeness (QED) is 0.256. The molecule has 0 saturated carbocycles. The second-order valence-electron chi connectivity index (χ2n) is 8.55. The van der Waals surface area contributed by atoms with Gasteiger partial charge in [0.25, 0.3) is 0 Å². The molecule has 2 aromatic heterocycles. The van der Waals surface area contributed by atoms with Crippen molar-refractivity contribution in [3.63, 3.8) is 0 Å². The Hall–Kier alpha value is -2.77. The number of hydrogen-bond acceptors (Lipinski definition) is 3. The van der Waals surface area contributed by atoms with Crippen molar-refractivity contribution in [3.05, 3.63) is 105 Å². The lowest BCUT2D eigenvalue weighted by molar-refractivity contribution is 0.415. The van der Waals surface area contributed by atoms with E-state index in [-0.39, 0.29) is 12.1 Å². The highest BCUT2D eigenvalue weighted by Gasteiger charge is 2.42. The smallest absolute Gasteiger partial charge is 0.174 e. The van der Waals surface area contributed by atoms with Crippen molar-refractivity contribution >= 4 is 57.8 Å². The maximum absolute atomic E-state index is 6.63. The largest absolute Gasteiger partial charge is 0.495 e. The lowest BCUT2D eigenvalue weighted by Gasteiger charge is -2.28. The summed E-state index contributed by atoms with van der Waals surface area (Å²) in [6.45, 7) is 4.13. The summed E-state index contributed by atoms with van der Waals surface area (Å²) in [4.78, 5) is 6.74. The van der Waals surface area contributed by atoms with E-state index in [1.807, 2.05) is 48.5 Å². The summed E-state index contributed by atoms with van der Waals surface area (Å²) in [5, 5.41) is 5.60. The zero-order valence-corrected chi connectivity index (χ0v) is 22.9. The van der Waals surface area contributed by atoms with Gasteiger partial charge in [-0.2, -0.15) is 0 Å². The van der Waals surface area contributed by atoms with Crippen molar-refractivity contribution in [3.8, 4) is 11.4 Å². The average Bonchev–Trinajstić information content (AvgIpc) is 3.36. The Kier molecular flexibility index (Phi) is 6.88. The minimum Gasteiger partial charge on any atom is -0.495 e. The minimum atomic E-state index is -0.199. The fourth-order valence-electron chi connectivity index (χ4n) is 4.88. The van der Waals surface area contributed by atoms with Gasteiger partial charge in [-0.25, -0.2) is 0 Å². The molecule has 0 aliphatic carbocycles. The van der Waals surface area contributed by atoms with Crippen molar-refractivity contribution in [1.29, 1.82) is 0 Å². The number of anilines is 1. The first-order valence-corrected chi connectivity index (χ1v) is 12.8. The van der Waals surface area contributed by atoms with Gasteiger partial charge in [-0.1, -0.05) is 46.9 Å². The minimum absolute atomic E-state index is 0.191. The van der Waals surface area contributed by atoms with E-state index in [1.54, 1.807) is 19.4 Å². The topological polar surface area (TPSA) is 42.3 Å². The van der Waals surface area contributed by atoms with Crippen molar-refractivity contribution in [1.82, 2.24) is 14.9 Å². The number of hydrogen-bond donors (Lipinski definition) is 1. The van der Waals surface area contributed by atoms with Crippen LogP contribution in [0.25, 0.3) is 5.69 Å². The maximum atomic E-state index is 6.63. The van der Waals surface area contributed by atoms with E-state index in [2.05, 4.69) is 39.7 Å². The van der Waals surface area contributed by atoms with E-state index >= 15 is 0 Å². The first-order chi connectivity index (χ1) is 17.3. The Morgan fingerprint density at radius 1 is 0.972 bits per heavy atom. The second kappa shape index (κ2) is 9.94. The van der Waals surface area contributed by atoms with Crippen LogP contribution in [0.3, 0.4) is 0 Å². The molecule has 0 radical (unpaired) electrons. The monoisotopic (exact) mass is 556 g/mol. The normalized spacial score (nSPS) is 17.4. The number of aromatic nitrogens is 2. The molecule has 0 spiro atoms. The molecule has 4 aromatic rings. The standard InChI is InChI=1S/C27H23Cl3N4OS/c1-15-13-18(16(2)33(15)22-9-6-7-19(28)24(22)30)26-25(21-8-4-5-12-31-21)32-27(36)34(26)17-10-11-23(35-3)20(29)14-17/h4-14,25-26H,1-3H3,(H,32,36). The van der Waals surface area contributed by atoms with E-state index in [0.717, 1.165) is 34.0 Å². The van der Waals surface area contributed by atoms with Gasteiger partial charge in [0.05, 0.1) is 45.6 Å². The van der Waals surface area contributed by atoms with Crippen LogP contribution in [0.1, 0.15) is 34.7 Å². The fraction of sp³-hybridized carbons (Fsp3) is 0.185. The van der Waals surface area contributed by atoms with Gasteiger partial charge in [0.15, 0.2) is 5.11 Å². The molecule has 5 rings (SSSR count). The van der Waals surface area contributed by atoms with Crippen molar-refractivity contribution in [2.24, 2.45) is 0 Å². The second-order valence-corrected chi connectivity index (χ2v) is 10.1. The number of methoxy groups -OCH3 is 1. The van der Waals surface area contributed by atoms with Gasteiger partial charge in [-0.15, -0.1) is 0 Å². The zero-order chi connectivity index (χ0) is 25.6. The predicted octanol–water partition coefficient (Wildman–Crippen LogP) is 7.64. The van der Waals surface area contributed by atoms with Crippen LogP contribution in [-0.2, 0) is 0 Å². The van der Waals surface area contributed by atoms with E-state index in [0.29, 0.717) is 25.9 Å². The summed E-state index contributed by atoms with van der Waals surface area (Å²) in [6, 6.07) is 19.0. The van der Waals surface area contributed by atoms with Crippen molar-refractivity contribution in [2.45, 2.75) is 25.9 Å². The summed E-state index contributed by atoms with van der Waals surface area (Å²) in [6.07, 6.45) is 1.79. The van der Waals surface area contributed by atoms with E-state index < -0.39 is 0 Å². The summed E-state index contributed by atoms with van der Waals surface area (Å²) in [5.41, 5.74) is 5.70. The molecule has 1 aliphatic heterocycles. The summed E-state index contributed by atoms with van der Waals surface area (Å²) in [5.74, 6) is 0.602. The Morgan fingerprint density at radius 3 is 2.47 bits per heavy atom. The molecule has 36 heavy (non-hydrogen) atoms. The molecule has 0 amide bonds. The predicted molar refractivity (Wildman–Crippen MR) is 151 cm³/mol. The van der Waals surface area contributed by atoms with Crippen LogP contribution in [0, 0.1) is 13.8 Å². The number of benzene rings is 2. The lowest BCUT2D eigenvalue weighted by Crippen LogP contribution is -2.29. The van der Waals surface area contributed by atoms with Crippen LogP contribution in [0.5, 0.6) is 5.75 Å². The van der Waals surface area contributed by atoms with Crippen LogP contribution in [0.15, 0.2) is 66.9 Å². The molecule has 3 heterocycles. The highest BCUT2D eigenvalue weighted by Crippen LogP contribution is 2.45. The number of aryl methyl sites for hydroxylation is 1. The number of halogens is 3. The number of thiocarbonyl (C=S) groups is 1. The molecule has 184 valence electrons. The summed E-state index contributed by atoms with van der Waals surface area (Å²) < 4.78 is 7.49. The fourth-order valence-corrected chi connectivity index (χ4v) is 5.85. The number of nitrogens with one attached hydrogen (secondary N) is 1. The Balaban J connectivity index is 1.70. The number of rotatable bonds is 5. The number of pyridine rings is 1. The summed E-state index contributed by atoms with van der Waals surface area (Å²) >= 11 is 25.4. The molecular formula is C27H23Cl3N4OS. The third-order valence-corrected chi connectivity index (χ3v) is 7.89. The Bertz CT molecular complexity index is 1460. The molecule has 5 nitrogen and oxygen atoms in total. The molecular weight excluding hydrogens is 535 g/mol. The molecule has 2 atom stereocenters. The summed E-state index contributed by atoms with van der Waals surface area (Å²) in [7, 11) is 1.60. The van der Waals surface area contributed by atoms with Crippen LogP contribution in [0.2, 0.25) is 15.1 Å². The molecule has 2 unspecified atom stereocenters.